The Morgan fingerprint density at radius 3 is 2.37 bits per heavy atom. The minimum absolute atomic E-state index is 0.158. The second kappa shape index (κ2) is 7.88. The minimum Gasteiger partial charge on any atom is -0.440 e. The van der Waals surface area contributed by atoms with Gasteiger partial charge in [0.25, 0.3) is 0 Å². The second-order valence-corrected chi connectivity index (χ2v) is 7.64. The molecular formula is C26H23N3O. The number of aryl methyl sites for hydroxylation is 3. The van der Waals surface area contributed by atoms with E-state index >= 15 is 0 Å². The Morgan fingerprint density at radius 1 is 1.00 bits per heavy atom. The van der Waals surface area contributed by atoms with Gasteiger partial charge in [0, 0.05) is 11.8 Å². The Balaban J connectivity index is 1.78. The molecule has 4 heteroatoms. The van der Waals surface area contributed by atoms with Crippen molar-refractivity contribution in [3.8, 4) is 11.8 Å². The lowest BCUT2D eigenvalue weighted by molar-refractivity contribution is 0.393. The van der Waals surface area contributed by atoms with Crippen molar-refractivity contribution in [3.63, 3.8) is 0 Å². The number of benzene rings is 3. The number of hydrogen-bond acceptors (Lipinski definition) is 4. The van der Waals surface area contributed by atoms with E-state index in [2.05, 4.69) is 39.0 Å². The third kappa shape index (κ3) is 3.58. The van der Waals surface area contributed by atoms with Crippen molar-refractivity contribution in [1.82, 2.24) is 0 Å². The molecule has 3 aromatic rings. The number of nitrogens with zero attached hydrogens (tertiary/aromatic N) is 2. The molecule has 0 aliphatic carbocycles. The van der Waals surface area contributed by atoms with Crippen LogP contribution in [0.5, 0.6) is 5.75 Å². The van der Waals surface area contributed by atoms with E-state index in [9.17, 15) is 5.26 Å². The van der Waals surface area contributed by atoms with Crippen LogP contribution in [0.25, 0.3) is 0 Å². The molecule has 4 rings (SSSR count). The SMILES string of the molecule is Cc1cc(C)c(N=Cc2ccc3c(c2)[C@H](c2ccccc2)C(C#N)=C(N)O3)c(C)c1. The quantitative estimate of drug-likeness (QED) is 0.590. The summed E-state index contributed by atoms with van der Waals surface area (Å²) in [4.78, 5) is 4.75. The lowest BCUT2D eigenvalue weighted by Gasteiger charge is -2.26. The lowest BCUT2D eigenvalue weighted by Crippen LogP contribution is -2.21. The van der Waals surface area contributed by atoms with Crippen LogP contribution in [-0.2, 0) is 0 Å². The summed E-state index contributed by atoms with van der Waals surface area (Å²) >= 11 is 0. The van der Waals surface area contributed by atoms with Gasteiger partial charge in [-0.15, -0.1) is 0 Å². The lowest BCUT2D eigenvalue weighted by atomic mass is 9.83. The van der Waals surface area contributed by atoms with Gasteiger partial charge in [0.2, 0.25) is 5.88 Å². The van der Waals surface area contributed by atoms with Crippen molar-refractivity contribution < 1.29 is 4.74 Å². The number of allylic oxidation sites excluding steroid dienone is 1. The van der Waals surface area contributed by atoms with E-state index in [0.29, 0.717) is 11.3 Å². The van der Waals surface area contributed by atoms with E-state index in [1.165, 1.54) is 5.56 Å². The average Bonchev–Trinajstić information content (AvgIpc) is 2.72. The summed E-state index contributed by atoms with van der Waals surface area (Å²) in [6.07, 6.45) is 1.86. The fourth-order valence-electron chi connectivity index (χ4n) is 4.06. The predicted molar refractivity (Wildman–Crippen MR) is 120 cm³/mol. The van der Waals surface area contributed by atoms with E-state index in [-0.39, 0.29) is 11.8 Å². The molecule has 1 aliphatic heterocycles. The van der Waals surface area contributed by atoms with Crippen LogP contribution in [-0.4, -0.2) is 6.21 Å². The van der Waals surface area contributed by atoms with Crippen molar-refractivity contribution in [3.05, 3.63) is 106 Å². The molecule has 0 amide bonds. The summed E-state index contributed by atoms with van der Waals surface area (Å²) in [7, 11) is 0. The molecule has 30 heavy (non-hydrogen) atoms. The second-order valence-electron chi connectivity index (χ2n) is 7.64. The third-order valence-corrected chi connectivity index (χ3v) is 5.35. The molecule has 0 spiro atoms. The molecule has 0 saturated heterocycles. The van der Waals surface area contributed by atoms with Gasteiger partial charge >= 0.3 is 0 Å². The topological polar surface area (TPSA) is 71.4 Å². The first kappa shape index (κ1) is 19.5. The number of nitriles is 1. The smallest absolute Gasteiger partial charge is 0.205 e. The molecule has 4 nitrogen and oxygen atoms in total. The van der Waals surface area contributed by atoms with Gasteiger partial charge in [-0.1, -0.05) is 48.0 Å². The molecule has 0 bridgehead atoms. The first-order valence-electron chi connectivity index (χ1n) is 9.86. The minimum atomic E-state index is -0.267. The molecule has 0 saturated carbocycles. The van der Waals surface area contributed by atoms with Gasteiger partial charge in [-0.3, -0.25) is 4.99 Å². The van der Waals surface area contributed by atoms with Crippen molar-refractivity contribution in [2.45, 2.75) is 26.7 Å². The number of nitrogens with two attached hydrogens (primary N) is 1. The van der Waals surface area contributed by atoms with Crippen LogP contribution in [0.4, 0.5) is 5.69 Å². The fourth-order valence-corrected chi connectivity index (χ4v) is 4.06. The normalized spacial score (nSPS) is 15.6. The van der Waals surface area contributed by atoms with E-state index in [1.807, 2.05) is 54.7 Å². The maximum absolute atomic E-state index is 9.73. The maximum Gasteiger partial charge on any atom is 0.205 e. The molecule has 1 atom stereocenters. The maximum atomic E-state index is 9.73. The van der Waals surface area contributed by atoms with E-state index < -0.39 is 0 Å². The summed E-state index contributed by atoms with van der Waals surface area (Å²) < 4.78 is 5.75. The van der Waals surface area contributed by atoms with Crippen molar-refractivity contribution in [1.29, 1.82) is 5.26 Å². The van der Waals surface area contributed by atoms with Gasteiger partial charge in [-0.2, -0.15) is 5.26 Å². The highest BCUT2D eigenvalue weighted by Crippen LogP contribution is 2.42. The van der Waals surface area contributed by atoms with E-state index in [0.717, 1.165) is 33.5 Å². The van der Waals surface area contributed by atoms with Crippen LogP contribution in [0, 0.1) is 32.1 Å². The highest BCUT2D eigenvalue weighted by Gasteiger charge is 2.30. The number of fused-ring (bicyclic) bond motifs is 1. The summed E-state index contributed by atoms with van der Waals surface area (Å²) in [5.74, 6) is 0.558. The van der Waals surface area contributed by atoms with Gasteiger partial charge in [0.05, 0.1) is 11.6 Å². The Bertz CT molecular complexity index is 1190. The average molecular weight is 393 g/mol. The number of hydrogen-bond donors (Lipinski definition) is 1. The molecule has 1 aliphatic rings. The van der Waals surface area contributed by atoms with E-state index in [1.54, 1.807) is 0 Å². The van der Waals surface area contributed by atoms with E-state index in [4.69, 9.17) is 15.5 Å². The summed E-state index contributed by atoms with van der Waals surface area (Å²) in [5, 5.41) is 9.73. The highest BCUT2D eigenvalue weighted by atomic mass is 16.5. The summed E-state index contributed by atoms with van der Waals surface area (Å²) in [6, 6.07) is 22.3. The number of aliphatic imine (C=N–C) groups is 1. The van der Waals surface area contributed by atoms with Crippen molar-refractivity contribution >= 4 is 11.9 Å². The Morgan fingerprint density at radius 2 is 1.70 bits per heavy atom. The molecule has 0 radical (unpaired) electrons. The molecule has 0 fully saturated rings. The Labute approximate surface area is 177 Å². The monoisotopic (exact) mass is 393 g/mol. The van der Waals surface area contributed by atoms with Crippen LogP contribution in [0.15, 0.2) is 77.1 Å². The van der Waals surface area contributed by atoms with Crippen LogP contribution < -0.4 is 10.5 Å². The third-order valence-electron chi connectivity index (χ3n) is 5.35. The van der Waals surface area contributed by atoms with Gasteiger partial charge in [0.15, 0.2) is 0 Å². The van der Waals surface area contributed by atoms with Gasteiger partial charge in [-0.25, -0.2) is 0 Å². The standard InChI is InChI=1S/C26H23N3O/c1-16-11-17(2)25(18(3)12-16)29-15-19-9-10-23-21(13-19)24(20-7-5-4-6-8-20)22(14-27)26(28)30-23/h4-13,15,24H,28H2,1-3H3/t24-/m0/s1. The van der Waals surface area contributed by atoms with Gasteiger partial charge < -0.3 is 10.5 Å². The molecule has 0 unspecified atom stereocenters. The summed E-state index contributed by atoms with van der Waals surface area (Å²) in [5.41, 5.74) is 13.8. The van der Waals surface area contributed by atoms with Crippen LogP contribution >= 0.6 is 0 Å². The first-order chi connectivity index (χ1) is 14.5. The number of ether oxygens (including phenoxy) is 1. The van der Waals surface area contributed by atoms with Crippen LogP contribution in [0.2, 0.25) is 0 Å². The molecule has 2 N–H and O–H groups in total. The first-order valence-corrected chi connectivity index (χ1v) is 9.86. The molecule has 3 aromatic carbocycles. The molecule has 0 aromatic heterocycles. The summed E-state index contributed by atoms with van der Waals surface area (Å²) in [6.45, 7) is 6.24. The van der Waals surface area contributed by atoms with Crippen LogP contribution in [0.3, 0.4) is 0 Å². The molecular weight excluding hydrogens is 370 g/mol. The zero-order chi connectivity index (χ0) is 21.3. The van der Waals surface area contributed by atoms with Crippen molar-refractivity contribution in [2.24, 2.45) is 10.7 Å². The van der Waals surface area contributed by atoms with Gasteiger partial charge in [0.1, 0.15) is 17.4 Å². The number of rotatable bonds is 3. The highest BCUT2D eigenvalue weighted by molar-refractivity contribution is 5.84. The zero-order valence-corrected chi connectivity index (χ0v) is 17.3. The fraction of sp³-hybridized carbons (Fsp3) is 0.154. The Hall–Kier alpha value is -3.84. The zero-order valence-electron chi connectivity index (χ0n) is 17.3. The van der Waals surface area contributed by atoms with Crippen molar-refractivity contribution in [2.75, 3.05) is 0 Å². The van der Waals surface area contributed by atoms with Crippen LogP contribution in [0.1, 0.15) is 39.3 Å². The molecule has 148 valence electrons. The van der Waals surface area contributed by atoms with Gasteiger partial charge in [-0.05, 0) is 61.2 Å². The Kier molecular flexibility index (Phi) is 5.12. The molecule has 1 heterocycles. The predicted octanol–water partition coefficient (Wildman–Crippen LogP) is 5.58. The largest absolute Gasteiger partial charge is 0.440 e.